The molecule has 0 amide bonds. The second kappa shape index (κ2) is 4.32. The van der Waals surface area contributed by atoms with E-state index in [1.165, 1.54) is 7.11 Å². The Morgan fingerprint density at radius 1 is 1.27 bits per heavy atom. The van der Waals surface area contributed by atoms with Crippen molar-refractivity contribution in [3.05, 3.63) is 0 Å². The minimum Gasteiger partial charge on any atom is -0.385 e. The number of rotatable bonds is 1. The Labute approximate surface area is 87.7 Å². The number of methoxy groups -OCH3 is 1. The van der Waals surface area contributed by atoms with Gasteiger partial charge in [0.05, 0.1) is 6.61 Å². The van der Waals surface area contributed by atoms with Gasteiger partial charge in [0.1, 0.15) is 24.4 Å². The fraction of sp³-hybridized carbons (Fsp3) is 1.00. The van der Waals surface area contributed by atoms with Gasteiger partial charge < -0.3 is 29.2 Å². The third-order valence-electron chi connectivity index (χ3n) is 2.75. The van der Waals surface area contributed by atoms with E-state index in [2.05, 4.69) is 0 Å². The SMILES string of the molecule is COC1C(O)C(O)OC2COC(C)OC21. The van der Waals surface area contributed by atoms with Gasteiger partial charge in [-0.25, -0.2) is 0 Å². The van der Waals surface area contributed by atoms with E-state index in [9.17, 15) is 10.2 Å². The first-order chi connectivity index (χ1) is 7.13. The largest absolute Gasteiger partial charge is 0.385 e. The molecule has 0 radical (unpaired) electrons. The third-order valence-corrected chi connectivity index (χ3v) is 2.75. The van der Waals surface area contributed by atoms with Crippen molar-refractivity contribution < 1.29 is 29.2 Å². The molecule has 0 spiro atoms. The van der Waals surface area contributed by atoms with Crippen LogP contribution in [0.3, 0.4) is 0 Å². The van der Waals surface area contributed by atoms with Gasteiger partial charge in [-0.15, -0.1) is 0 Å². The summed E-state index contributed by atoms with van der Waals surface area (Å²) < 4.78 is 21.0. The Kier molecular flexibility index (Phi) is 3.24. The molecule has 0 aromatic carbocycles. The van der Waals surface area contributed by atoms with Gasteiger partial charge in [-0.05, 0) is 6.92 Å². The number of ether oxygens (including phenoxy) is 4. The Morgan fingerprint density at radius 2 is 2.00 bits per heavy atom. The van der Waals surface area contributed by atoms with Crippen molar-refractivity contribution in [3.63, 3.8) is 0 Å². The molecule has 2 saturated heterocycles. The van der Waals surface area contributed by atoms with Gasteiger partial charge in [-0.1, -0.05) is 0 Å². The lowest BCUT2D eigenvalue weighted by atomic mass is 9.98. The van der Waals surface area contributed by atoms with Gasteiger partial charge in [0.15, 0.2) is 12.6 Å². The molecule has 2 heterocycles. The molecule has 2 aliphatic heterocycles. The van der Waals surface area contributed by atoms with E-state index in [1.54, 1.807) is 6.92 Å². The second-order valence-electron chi connectivity index (χ2n) is 3.76. The van der Waals surface area contributed by atoms with Crippen molar-refractivity contribution >= 4 is 0 Å². The van der Waals surface area contributed by atoms with Crippen LogP contribution in [0, 0.1) is 0 Å². The van der Waals surface area contributed by atoms with Gasteiger partial charge in [0.2, 0.25) is 0 Å². The highest BCUT2D eigenvalue weighted by atomic mass is 16.7. The highest BCUT2D eigenvalue weighted by Crippen LogP contribution is 2.28. The smallest absolute Gasteiger partial charge is 0.184 e. The Morgan fingerprint density at radius 3 is 2.67 bits per heavy atom. The molecule has 6 unspecified atom stereocenters. The van der Waals surface area contributed by atoms with Crippen molar-refractivity contribution in [1.29, 1.82) is 0 Å². The predicted octanol–water partition coefficient (Wildman–Crippen LogP) is -1.16. The zero-order valence-corrected chi connectivity index (χ0v) is 8.70. The first-order valence-corrected chi connectivity index (χ1v) is 4.95. The number of hydrogen-bond donors (Lipinski definition) is 2. The molecule has 2 fully saturated rings. The lowest BCUT2D eigenvalue weighted by molar-refractivity contribution is -0.351. The molecular formula is C9H16O6. The lowest BCUT2D eigenvalue weighted by Crippen LogP contribution is -2.62. The summed E-state index contributed by atoms with van der Waals surface area (Å²) in [4.78, 5) is 0. The van der Waals surface area contributed by atoms with Gasteiger partial charge >= 0.3 is 0 Å². The van der Waals surface area contributed by atoms with E-state index >= 15 is 0 Å². The van der Waals surface area contributed by atoms with Crippen LogP contribution < -0.4 is 0 Å². The summed E-state index contributed by atoms with van der Waals surface area (Å²) in [5.41, 5.74) is 0. The standard InChI is InChI=1S/C9H16O6/c1-4-13-3-5-7(14-4)8(12-2)6(10)9(11)15-5/h4-11H,3H2,1-2H3. The van der Waals surface area contributed by atoms with Gasteiger partial charge in [0, 0.05) is 7.11 Å². The zero-order valence-electron chi connectivity index (χ0n) is 8.70. The first kappa shape index (κ1) is 11.3. The summed E-state index contributed by atoms with van der Waals surface area (Å²) >= 11 is 0. The molecule has 0 aromatic heterocycles. The van der Waals surface area contributed by atoms with Crippen LogP contribution in [0.4, 0.5) is 0 Å². The van der Waals surface area contributed by atoms with Crippen LogP contribution in [0.25, 0.3) is 0 Å². The number of fused-ring (bicyclic) bond motifs is 1. The maximum absolute atomic E-state index is 9.64. The molecule has 2 rings (SSSR count). The van der Waals surface area contributed by atoms with Gasteiger partial charge in [-0.2, -0.15) is 0 Å². The maximum atomic E-state index is 9.64. The molecular weight excluding hydrogens is 204 g/mol. The van der Waals surface area contributed by atoms with Crippen LogP contribution in [0.15, 0.2) is 0 Å². The van der Waals surface area contributed by atoms with Crippen molar-refractivity contribution in [2.45, 2.75) is 43.9 Å². The Bertz CT molecular complexity index is 223. The second-order valence-corrected chi connectivity index (χ2v) is 3.76. The van der Waals surface area contributed by atoms with Crippen molar-refractivity contribution in [3.8, 4) is 0 Å². The average molecular weight is 220 g/mol. The van der Waals surface area contributed by atoms with Crippen LogP contribution in [0.2, 0.25) is 0 Å². The fourth-order valence-corrected chi connectivity index (χ4v) is 1.97. The van der Waals surface area contributed by atoms with E-state index in [0.717, 1.165) is 0 Å². The van der Waals surface area contributed by atoms with E-state index in [-0.39, 0.29) is 6.29 Å². The molecule has 0 aliphatic carbocycles. The number of aliphatic hydroxyl groups is 2. The van der Waals surface area contributed by atoms with Crippen LogP contribution in [0.5, 0.6) is 0 Å². The average Bonchev–Trinajstić information content (AvgIpc) is 2.21. The minimum absolute atomic E-state index is 0.329. The van der Waals surface area contributed by atoms with E-state index in [1.807, 2.05) is 0 Å². The monoisotopic (exact) mass is 220 g/mol. The Hall–Kier alpha value is -0.240. The summed E-state index contributed by atoms with van der Waals surface area (Å²) in [6.45, 7) is 2.09. The van der Waals surface area contributed by atoms with E-state index < -0.39 is 30.7 Å². The molecule has 0 saturated carbocycles. The minimum atomic E-state index is -1.25. The molecule has 0 aromatic rings. The highest BCUT2D eigenvalue weighted by Gasteiger charge is 2.48. The van der Waals surface area contributed by atoms with Crippen molar-refractivity contribution in [2.24, 2.45) is 0 Å². The van der Waals surface area contributed by atoms with Crippen LogP contribution >= 0.6 is 0 Å². The number of aliphatic hydroxyl groups excluding tert-OH is 2. The summed E-state index contributed by atoms with van der Waals surface area (Å²) in [7, 11) is 1.46. The van der Waals surface area contributed by atoms with Crippen LogP contribution in [-0.2, 0) is 18.9 Å². The third kappa shape index (κ3) is 2.01. The molecule has 2 aliphatic rings. The zero-order chi connectivity index (χ0) is 11.0. The molecule has 88 valence electrons. The van der Waals surface area contributed by atoms with Crippen molar-refractivity contribution in [1.82, 2.24) is 0 Å². The van der Waals surface area contributed by atoms with E-state index in [4.69, 9.17) is 18.9 Å². The summed E-state index contributed by atoms with van der Waals surface area (Å²) in [5.74, 6) is 0. The fourth-order valence-electron chi connectivity index (χ4n) is 1.97. The molecule has 6 nitrogen and oxygen atoms in total. The molecule has 15 heavy (non-hydrogen) atoms. The summed E-state index contributed by atoms with van der Waals surface area (Å²) in [5, 5.41) is 19.1. The molecule has 6 heteroatoms. The van der Waals surface area contributed by atoms with Gasteiger partial charge in [0.25, 0.3) is 0 Å². The topological polar surface area (TPSA) is 77.4 Å². The summed E-state index contributed by atoms with van der Waals surface area (Å²) in [6, 6.07) is 0. The quantitative estimate of drug-likeness (QED) is 0.580. The predicted molar refractivity (Wildman–Crippen MR) is 48.0 cm³/mol. The van der Waals surface area contributed by atoms with Gasteiger partial charge in [-0.3, -0.25) is 0 Å². The van der Waals surface area contributed by atoms with Crippen LogP contribution in [0.1, 0.15) is 6.92 Å². The normalized spacial score (nSPS) is 51.2. The highest BCUT2D eigenvalue weighted by molar-refractivity contribution is 4.92. The van der Waals surface area contributed by atoms with E-state index in [0.29, 0.717) is 6.61 Å². The number of hydrogen-bond acceptors (Lipinski definition) is 6. The van der Waals surface area contributed by atoms with Crippen molar-refractivity contribution in [2.75, 3.05) is 13.7 Å². The lowest BCUT2D eigenvalue weighted by Gasteiger charge is -2.45. The maximum Gasteiger partial charge on any atom is 0.184 e. The van der Waals surface area contributed by atoms with Crippen LogP contribution in [-0.4, -0.2) is 60.9 Å². The molecule has 0 bridgehead atoms. The molecule has 6 atom stereocenters. The molecule has 2 N–H and O–H groups in total. The summed E-state index contributed by atoms with van der Waals surface area (Å²) in [6.07, 6.45) is -4.10. The first-order valence-electron chi connectivity index (χ1n) is 4.95. The Balaban J connectivity index is 2.11.